The van der Waals surface area contributed by atoms with Crippen LogP contribution in [0, 0.1) is 5.92 Å². The van der Waals surface area contributed by atoms with Gasteiger partial charge < -0.3 is 15.5 Å². The normalized spacial score (nSPS) is 18.1. The molecule has 7 nitrogen and oxygen atoms in total. The van der Waals surface area contributed by atoms with E-state index in [9.17, 15) is 9.59 Å². The Morgan fingerprint density at radius 3 is 2.41 bits per heavy atom. The van der Waals surface area contributed by atoms with Crippen LogP contribution in [0.4, 0.5) is 11.8 Å². The van der Waals surface area contributed by atoms with Gasteiger partial charge in [0.15, 0.2) is 0 Å². The highest BCUT2D eigenvalue weighted by molar-refractivity contribution is 6.41. The van der Waals surface area contributed by atoms with Crippen LogP contribution < -0.4 is 15.5 Å². The van der Waals surface area contributed by atoms with E-state index in [1.54, 1.807) is 6.08 Å². The van der Waals surface area contributed by atoms with Crippen LogP contribution >= 0.6 is 0 Å². The summed E-state index contributed by atoms with van der Waals surface area (Å²) in [5, 5.41) is 7.34. The van der Waals surface area contributed by atoms with E-state index in [2.05, 4.69) is 10.6 Å². The molecule has 1 heterocycles. The number of benzene rings is 2. The van der Waals surface area contributed by atoms with Crippen molar-refractivity contribution in [2.45, 2.75) is 31.7 Å². The molecule has 1 saturated carbocycles. The van der Waals surface area contributed by atoms with Crippen LogP contribution in [0.2, 0.25) is 0 Å². The fraction of sp³-hybridized carbons (Fsp3) is 0.333. The van der Waals surface area contributed by atoms with Crippen LogP contribution in [0.15, 0.2) is 60.7 Å². The Morgan fingerprint density at radius 1 is 0.971 bits per heavy atom. The van der Waals surface area contributed by atoms with E-state index in [0.717, 1.165) is 48.0 Å². The van der Waals surface area contributed by atoms with Crippen molar-refractivity contribution >= 4 is 40.4 Å². The first-order chi connectivity index (χ1) is 16.5. The van der Waals surface area contributed by atoms with Gasteiger partial charge in [-0.2, -0.15) is 4.98 Å². The summed E-state index contributed by atoms with van der Waals surface area (Å²) in [7, 11) is 3.97. The van der Waals surface area contributed by atoms with E-state index in [0.29, 0.717) is 24.5 Å². The lowest BCUT2D eigenvalue weighted by molar-refractivity contribution is -0.135. The Hall–Kier alpha value is -3.74. The Morgan fingerprint density at radius 2 is 1.68 bits per heavy atom. The number of anilines is 2. The van der Waals surface area contributed by atoms with Gasteiger partial charge in [0.25, 0.3) is 5.91 Å². The molecule has 1 aromatic heterocycles. The largest absolute Gasteiger partial charge is 0.362 e. The SMILES string of the molecule is CN(C)c1nc(NC2CCC(CNC(=O)C(=O)/C=C/c3ccccc3)CC2)nc2ccccc12. The summed E-state index contributed by atoms with van der Waals surface area (Å²) in [5.41, 5.74) is 1.81. The van der Waals surface area contributed by atoms with E-state index < -0.39 is 11.7 Å². The third-order valence-corrected chi connectivity index (χ3v) is 6.19. The van der Waals surface area contributed by atoms with E-state index in [4.69, 9.17) is 9.97 Å². The van der Waals surface area contributed by atoms with Crippen molar-refractivity contribution in [3.8, 4) is 0 Å². The first-order valence-electron chi connectivity index (χ1n) is 11.8. The highest BCUT2D eigenvalue weighted by Gasteiger charge is 2.23. The molecule has 34 heavy (non-hydrogen) atoms. The predicted molar refractivity (Wildman–Crippen MR) is 137 cm³/mol. The zero-order valence-corrected chi connectivity index (χ0v) is 19.7. The van der Waals surface area contributed by atoms with Crippen molar-refractivity contribution in [2.75, 3.05) is 30.9 Å². The van der Waals surface area contributed by atoms with Crippen LogP contribution in [0.1, 0.15) is 31.2 Å². The van der Waals surface area contributed by atoms with E-state index in [1.807, 2.05) is 73.6 Å². The zero-order valence-electron chi connectivity index (χ0n) is 19.7. The number of aromatic nitrogens is 2. The number of carbonyl (C=O) groups excluding carboxylic acids is 2. The van der Waals surface area contributed by atoms with E-state index >= 15 is 0 Å². The second-order valence-corrected chi connectivity index (χ2v) is 8.96. The molecule has 0 unspecified atom stereocenters. The minimum atomic E-state index is -0.548. The molecule has 7 heteroatoms. The molecule has 2 aromatic carbocycles. The molecular weight excluding hydrogens is 426 g/mol. The molecule has 4 rings (SSSR count). The molecule has 1 aliphatic rings. The van der Waals surface area contributed by atoms with Gasteiger partial charge in [-0.15, -0.1) is 0 Å². The topological polar surface area (TPSA) is 87.2 Å². The molecule has 0 bridgehead atoms. The number of rotatable bonds is 8. The van der Waals surface area contributed by atoms with Crippen LogP contribution in [0.3, 0.4) is 0 Å². The van der Waals surface area contributed by atoms with Gasteiger partial charge in [0.1, 0.15) is 5.82 Å². The third kappa shape index (κ3) is 5.98. The minimum absolute atomic E-state index is 0.290. The van der Waals surface area contributed by atoms with Crippen LogP contribution in [0.5, 0.6) is 0 Å². The van der Waals surface area contributed by atoms with Gasteiger partial charge in [0, 0.05) is 32.1 Å². The zero-order chi connectivity index (χ0) is 23.9. The van der Waals surface area contributed by atoms with Gasteiger partial charge >= 0.3 is 0 Å². The number of nitrogens with one attached hydrogen (secondary N) is 2. The molecule has 0 aliphatic heterocycles. The van der Waals surface area contributed by atoms with Crippen molar-refractivity contribution < 1.29 is 9.59 Å². The van der Waals surface area contributed by atoms with Crippen molar-refractivity contribution in [1.82, 2.24) is 15.3 Å². The lowest BCUT2D eigenvalue weighted by atomic mass is 9.86. The molecular formula is C27H31N5O2. The number of carbonyl (C=O) groups is 2. The number of fused-ring (bicyclic) bond motifs is 1. The molecule has 0 atom stereocenters. The van der Waals surface area contributed by atoms with Crippen molar-refractivity contribution in [2.24, 2.45) is 5.92 Å². The quantitative estimate of drug-likeness (QED) is 0.392. The fourth-order valence-electron chi connectivity index (χ4n) is 4.29. The highest BCUT2D eigenvalue weighted by atomic mass is 16.2. The number of amides is 1. The monoisotopic (exact) mass is 457 g/mol. The fourth-order valence-corrected chi connectivity index (χ4v) is 4.29. The molecule has 0 saturated heterocycles. The number of ketones is 1. The van der Waals surface area contributed by atoms with Gasteiger partial charge in [-0.25, -0.2) is 4.98 Å². The van der Waals surface area contributed by atoms with Gasteiger partial charge in [-0.3, -0.25) is 9.59 Å². The Labute approximate surface area is 200 Å². The summed E-state index contributed by atoms with van der Waals surface area (Å²) in [4.78, 5) is 35.7. The molecule has 1 fully saturated rings. The predicted octanol–water partition coefficient (Wildman–Crippen LogP) is 4.07. The summed E-state index contributed by atoms with van der Waals surface area (Å²) in [5.74, 6) is 0.839. The molecule has 0 radical (unpaired) electrons. The number of para-hydroxylation sites is 1. The lowest BCUT2D eigenvalue weighted by Gasteiger charge is -2.29. The first-order valence-corrected chi connectivity index (χ1v) is 11.8. The molecule has 1 aliphatic carbocycles. The van der Waals surface area contributed by atoms with Gasteiger partial charge in [0.05, 0.1) is 5.52 Å². The average molecular weight is 458 g/mol. The lowest BCUT2D eigenvalue weighted by Crippen LogP contribution is -2.36. The van der Waals surface area contributed by atoms with Crippen LogP contribution in [0.25, 0.3) is 17.0 Å². The maximum Gasteiger partial charge on any atom is 0.291 e. The summed E-state index contributed by atoms with van der Waals surface area (Å²) < 4.78 is 0. The molecule has 3 aromatic rings. The van der Waals surface area contributed by atoms with Crippen LogP contribution in [-0.2, 0) is 9.59 Å². The minimum Gasteiger partial charge on any atom is -0.362 e. The molecule has 176 valence electrons. The molecule has 1 amide bonds. The average Bonchev–Trinajstić information content (AvgIpc) is 2.86. The second-order valence-electron chi connectivity index (χ2n) is 8.96. The smallest absolute Gasteiger partial charge is 0.291 e. The third-order valence-electron chi connectivity index (χ3n) is 6.19. The number of nitrogens with zero attached hydrogens (tertiary/aromatic N) is 3. The first kappa shape index (κ1) is 23.4. The summed E-state index contributed by atoms with van der Waals surface area (Å²) in [6.45, 7) is 0.522. The highest BCUT2D eigenvalue weighted by Crippen LogP contribution is 2.28. The Bertz CT molecular complexity index is 1170. The van der Waals surface area contributed by atoms with Crippen molar-refractivity contribution in [3.05, 3.63) is 66.2 Å². The standard InChI is InChI=1S/C27H31N5O2/c1-32(2)25-22-10-6-7-11-23(22)30-27(31-25)29-21-15-12-20(13-16-21)18-28-26(34)24(33)17-14-19-8-4-3-5-9-19/h3-11,14,17,20-21H,12-13,15-16,18H2,1-2H3,(H,28,34)(H,29,30,31)/b17-14+. The molecule has 0 spiro atoms. The number of hydrogen-bond donors (Lipinski definition) is 2. The van der Waals surface area contributed by atoms with E-state index in [1.165, 1.54) is 6.08 Å². The summed E-state index contributed by atoms with van der Waals surface area (Å²) >= 11 is 0. The van der Waals surface area contributed by atoms with Gasteiger partial charge in [0.2, 0.25) is 11.7 Å². The summed E-state index contributed by atoms with van der Waals surface area (Å²) in [6.07, 6.45) is 6.87. The Kier molecular flexibility index (Phi) is 7.52. The second kappa shape index (κ2) is 10.9. The Balaban J connectivity index is 1.26. The van der Waals surface area contributed by atoms with E-state index in [-0.39, 0.29) is 0 Å². The van der Waals surface area contributed by atoms with Gasteiger partial charge in [-0.1, -0.05) is 48.5 Å². The molecule has 2 N–H and O–H groups in total. The maximum absolute atomic E-state index is 12.2. The summed E-state index contributed by atoms with van der Waals surface area (Å²) in [6, 6.07) is 17.8. The van der Waals surface area contributed by atoms with Gasteiger partial charge in [-0.05, 0) is 55.4 Å². The number of hydrogen-bond acceptors (Lipinski definition) is 6. The van der Waals surface area contributed by atoms with Crippen molar-refractivity contribution in [1.29, 1.82) is 0 Å². The van der Waals surface area contributed by atoms with Crippen molar-refractivity contribution in [3.63, 3.8) is 0 Å². The van der Waals surface area contributed by atoms with Crippen LogP contribution in [-0.4, -0.2) is 48.3 Å². The maximum atomic E-state index is 12.2.